The van der Waals surface area contributed by atoms with Gasteiger partial charge in [-0.15, -0.1) is 0 Å². The first kappa shape index (κ1) is 14.6. The van der Waals surface area contributed by atoms with Crippen LogP contribution in [0.3, 0.4) is 0 Å². The van der Waals surface area contributed by atoms with Crippen molar-refractivity contribution in [3.8, 4) is 0 Å². The molecule has 0 aliphatic rings. The third-order valence-electron chi connectivity index (χ3n) is 2.68. The summed E-state index contributed by atoms with van der Waals surface area (Å²) >= 11 is 0. The van der Waals surface area contributed by atoms with Crippen LogP contribution in [0.25, 0.3) is 0 Å². The molecule has 8 heteroatoms. The lowest BCUT2D eigenvalue weighted by molar-refractivity contribution is 0.299. The van der Waals surface area contributed by atoms with Gasteiger partial charge in [-0.3, -0.25) is 0 Å². The van der Waals surface area contributed by atoms with Gasteiger partial charge in [0.15, 0.2) is 5.82 Å². The highest BCUT2D eigenvalue weighted by molar-refractivity contribution is 7.89. The molecule has 0 atom stereocenters. The number of benzene rings is 1. The average Bonchev–Trinajstić information content (AvgIpc) is 2.93. The molecule has 0 fully saturated rings. The molecule has 1 heterocycles. The van der Waals surface area contributed by atoms with Gasteiger partial charge >= 0.3 is 0 Å². The van der Waals surface area contributed by atoms with E-state index >= 15 is 0 Å². The minimum Gasteiger partial charge on any atom is -0.396 e. The second kappa shape index (κ2) is 6.60. The predicted octanol–water partition coefficient (Wildman–Crippen LogP) is 0.125. The first-order valence-corrected chi connectivity index (χ1v) is 7.55. The fourth-order valence-corrected chi connectivity index (χ4v) is 2.68. The van der Waals surface area contributed by atoms with Crippen molar-refractivity contribution in [1.29, 1.82) is 0 Å². The Labute approximate surface area is 116 Å². The van der Waals surface area contributed by atoms with Crippen molar-refractivity contribution in [2.75, 3.05) is 13.2 Å². The van der Waals surface area contributed by atoms with Crippen LogP contribution in [-0.2, 0) is 22.9 Å². The largest absolute Gasteiger partial charge is 0.396 e. The van der Waals surface area contributed by atoms with Gasteiger partial charge in [-0.1, -0.05) is 17.3 Å². The lowest BCUT2D eigenvalue weighted by Crippen LogP contribution is -2.26. The van der Waals surface area contributed by atoms with E-state index in [0.29, 0.717) is 18.7 Å². The Hall–Kier alpha value is -1.77. The SMILES string of the molecule is O=S(=O)(NCCc1ncon1)c1ccc(CCO)cc1. The van der Waals surface area contributed by atoms with Crippen LogP contribution in [0.15, 0.2) is 40.1 Å². The smallest absolute Gasteiger partial charge is 0.240 e. The number of nitrogens with one attached hydrogen (secondary N) is 1. The van der Waals surface area contributed by atoms with Crippen LogP contribution < -0.4 is 4.72 Å². The number of nitrogens with zero attached hydrogens (tertiary/aromatic N) is 2. The summed E-state index contributed by atoms with van der Waals surface area (Å²) in [5.74, 6) is 0.450. The van der Waals surface area contributed by atoms with Gasteiger partial charge in [-0.05, 0) is 24.1 Å². The van der Waals surface area contributed by atoms with Crippen molar-refractivity contribution >= 4 is 10.0 Å². The predicted molar refractivity (Wildman–Crippen MR) is 70.4 cm³/mol. The number of sulfonamides is 1. The zero-order valence-electron chi connectivity index (χ0n) is 10.7. The molecular formula is C12H15N3O4S. The zero-order valence-corrected chi connectivity index (χ0v) is 11.5. The number of hydrogen-bond acceptors (Lipinski definition) is 6. The first-order valence-electron chi connectivity index (χ1n) is 6.06. The molecular weight excluding hydrogens is 282 g/mol. The molecule has 0 amide bonds. The third kappa shape index (κ3) is 3.86. The second-order valence-corrected chi connectivity index (χ2v) is 5.88. The monoisotopic (exact) mass is 297 g/mol. The van der Waals surface area contributed by atoms with Crippen LogP contribution in [0.1, 0.15) is 11.4 Å². The van der Waals surface area contributed by atoms with Gasteiger partial charge in [-0.2, -0.15) is 4.98 Å². The van der Waals surface area contributed by atoms with E-state index in [4.69, 9.17) is 5.11 Å². The third-order valence-corrected chi connectivity index (χ3v) is 4.16. The van der Waals surface area contributed by atoms with E-state index in [9.17, 15) is 8.42 Å². The molecule has 7 nitrogen and oxygen atoms in total. The molecule has 2 rings (SSSR count). The lowest BCUT2D eigenvalue weighted by Gasteiger charge is -2.06. The van der Waals surface area contributed by atoms with Gasteiger partial charge < -0.3 is 9.63 Å². The number of hydrogen-bond donors (Lipinski definition) is 2. The van der Waals surface area contributed by atoms with Crippen LogP contribution >= 0.6 is 0 Å². The summed E-state index contributed by atoms with van der Waals surface area (Å²) < 4.78 is 31.0. The van der Waals surface area contributed by atoms with E-state index in [1.54, 1.807) is 12.1 Å². The molecule has 0 saturated heterocycles. The number of rotatable bonds is 7. The Morgan fingerprint density at radius 1 is 1.20 bits per heavy atom. The van der Waals surface area contributed by atoms with E-state index in [1.165, 1.54) is 18.5 Å². The quantitative estimate of drug-likeness (QED) is 0.752. The average molecular weight is 297 g/mol. The van der Waals surface area contributed by atoms with Crippen molar-refractivity contribution in [1.82, 2.24) is 14.9 Å². The number of aromatic nitrogens is 2. The van der Waals surface area contributed by atoms with Gasteiger partial charge in [0.1, 0.15) is 0 Å². The van der Waals surface area contributed by atoms with E-state index in [2.05, 4.69) is 19.4 Å². The molecule has 0 spiro atoms. The highest BCUT2D eigenvalue weighted by Gasteiger charge is 2.13. The molecule has 2 aromatic rings. The van der Waals surface area contributed by atoms with Crippen molar-refractivity contribution in [2.24, 2.45) is 0 Å². The Morgan fingerprint density at radius 3 is 2.55 bits per heavy atom. The Bertz CT molecular complexity index is 623. The fraction of sp³-hybridized carbons (Fsp3) is 0.333. The minimum absolute atomic E-state index is 0.0368. The first-order chi connectivity index (χ1) is 9.62. The Balaban J connectivity index is 1.95. The van der Waals surface area contributed by atoms with Crippen molar-refractivity contribution in [3.63, 3.8) is 0 Å². The molecule has 0 bridgehead atoms. The summed E-state index contributed by atoms with van der Waals surface area (Å²) in [4.78, 5) is 3.99. The van der Waals surface area contributed by atoms with Crippen molar-refractivity contribution < 1.29 is 18.0 Å². The zero-order chi connectivity index (χ0) is 14.4. The van der Waals surface area contributed by atoms with E-state index in [-0.39, 0.29) is 18.0 Å². The maximum atomic E-state index is 12.0. The highest BCUT2D eigenvalue weighted by Crippen LogP contribution is 2.10. The van der Waals surface area contributed by atoms with Crippen molar-refractivity contribution in [2.45, 2.75) is 17.7 Å². The van der Waals surface area contributed by atoms with Crippen LogP contribution in [-0.4, -0.2) is 36.8 Å². The molecule has 20 heavy (non-hydrogen) atoms. The number of aliphatic hydroxyl groups excluding tert-OH is 1. The van der Waals surface area contributed by atoms with E-state index < -0.39 is 10.0 Å². The van der Waals surface area contributed by atoms with E-state index in [0.717, 1.165) is 5.56 Å². The molecule has 0 aliphatic heterocycles. The van der Waals surface area contributed by atoms with Crippen molar-refractivity contribution in [3.05, 3.63) is 42.0 Å². The molecule has 0 aliphatic carbocycles. The van der Waals surface area contributed by atoms with Gasteiger partial charge in [0.2, 0.25) is 16.4 Å². The maximum absolute atomic E-state index is 12.0. The summed E-state index contributed by atoms with van der Waals surface area (Å²) in [6, 6.07) is 6.40. The number of aliphatic hydroxyl groups is 1. The Kier molecular flexibility index (Phi) is 4.83. The normalized spacial score (nSPS) is 11.7. The minimum atomic E-state index is -3.54. The van der Waals surface area contributed by atoms with Gasteiger partial charge in [0.05, 0.1) is 4.90 Å². The maximum Gasteiger partial charge on any atom is 0.240 e. The molecule has 1 aromatic heterocycles. The molecule has 0 saturated carbocycles. The van der Waals surface area contributed by atoms with Crippen LogP contribution in [0, 0.1) is 0 Å². The molecule has 108 valence electrons. The Morgan fingerprint density at radius 2 is 1.95 bits per heavy atom. The van der Waals surface area contributed by atoms with Gasteiger partial charge in [-0.25, -0.2) is 13.1 Å². The van der Waals surface area contributed by atoms with Crippen LogP contribution in [0.4, 0.5) is 0 Å². The lowest BCUT2D eigenvalue weighted by atomic mass is 10.2. The van der Waals surface area contributed by atoms with E-state index in [1.807, 2.05) is 0 Å². The standard InChI is InChI=1S/C12H15N3O4S/c16-8-6-10-1-3-11(4-2-10)20(17,18)14-7-5-12-13-9-19-15-12/h1-4,9,14,16H,5-8H2. The topological polar surface area (TPSA) is 105 Å². The van der Waals surface area contributed by atoms with Crippen LogP contribution in [0.5, 0.6) is 0 Å². The summed E-state index contributed by atoms with van der Waals surface area (Å²) in [6.07, 6.45) is 2.06. The molecule has 0 radical (unpaired) electrons. The molecule has 2 N–H and O–H groups in total. The summed E-state index contributed by atoms with van der Waals surface area (Å²) in [5, 5.41) is 12.4. The highest BCUT2D eigenvalue weighted by atomic mass is 32.2. The summed E-state index contributed by atoms with van der Waals surface area (Å²) in [5.41, 5.74) is 0.887. The second-order valence-electron chi connectivity index (χ2n) is 4.11. The van der Waals surface area contributed by atoms with Gasteiger partial charge in [0, 0.05) is 19.6 Å². The van der Waals surface area contributed by atoms with Crippen LogP contribution in [0.2, 0.25) is 0 Å². The molecule has 1 aromatic carbocycles. The summed E-state index contributed by atoms with van der Waals surface area (Å²) in [7, 11) is -3.54. The molecule has 0 unspecified atom stereocenters. The van der Waals surface area contributed by atoms with Gasteiger partial charge in [0.25, 0.3) is 0 Å². The summed E-state index contributed by atoms with van der Waals surface area (Å²) in [6.45, 7) is 0.231. The fourth-order valence-electron chi connectivity index (χ4n) is 1.65.